The summed E-state index contributed by atoms with van der Waals surface area (Å²) in [6, 6.07) is 13.8. The molecule has 0 aromatic heterocycles. The number of hydrogen-bond donors (Lipinski definition) is 1. The van der Waals surface area contributed by atoms with E-state index in [-0.39, 0.29) is 0 Å². The Labute approximate surface area is 119 Å². The van der Waals surface area contributed by atoms with E-state index in [1.807, 2.05) is 24.3 Å². The number of ether oxygens (including phenoxy) is 1. The average Bonchev–Trinajstić information content (AvgIpc) is 2.42. The van der Waals surface area contributed by atoms with Crippen molar-refractivity contribution in [3.05, 3.63) is 58.6 Å². The Balaban J connectivity index is 1.96. The second kappa shape index (κ2) is 6.48. The molecule has 0 bridgehead atoms. The van der Waals surface area contributed by atoms with Gasteiger partial charge in [-0.1, -0.05) is 43.1 Å². The Hall–Kier alpha value is -1.67. The van der Waals surface area contributed by atoms with Gasteiger partial charge in [0.25, 0.3) is 0 Å². The van der Waals surface area contributed by atoms with E-state index in [2.05, 4.69) is 19.1 Å². The van der Waals surface area contributed by atoms with Crippen LogP contribution in [0, 0.1) is 0 Å². The summed E-state index contributed by atoms with van der Waals surface area (Å²) < 4.78 is 5.72. The predicted molar refractivity (Wildman–Crippen MR) is 80.6 cm³/mol. The van der Waals surface area contributed by atoms with Crippen LogP contribution in [0.5, 0.6) is 5.75 Å². The van der Waals surface area contributed by atoms with Gasteiger partial charge in [-0.2, -0.15) is 0 Å². The zero-order valence-electron chi connectivity index (χ0n) is 11.0. The molecule has 0 radical (unpaired) electrons. The van der Waals surface area contributed by atoms with E-state index in [1.165, 1.54) is 5.56 Å². The minimum Gasteiger partial charge on any atom is -0.489 e. The summed E-state index contributed by atoms with van der Waals surface area (Å²) in [5.74, 6) is 0.869. The first-order valence-corrected chi connectivity index (χ1v) is 6.82. The van der Waals surface area contributed by atoms with Gasteiger partial charge in [-0.05, 0) is 41.8 Å². The Kier molecular flexibility index (Phi) is 4.69. The van der Waals surface area contributed by atoms with E-state index >= 15 is 0 Å². The molecule has 0 saturated carbocycles. The van der Waals surface area contributed by atoms with E-state index in [9.17, 15) is 0 Å². The van der Waals surface area contributed by atoms with Crippen molar-refractivity contribution in [1.29, 1.82) is 0 Å². The summed E-state index contributed by atoms with van der Waals surface area (Å²) in [5.41, 5.74) is 8.69. The van der Waals surface area contributed by atoms with Gasteiger partial charge < -0.3 is 10.5 Å². The van der Waals surface area contributed by atoms with Crippen LogP contribution in [0.15, 0.2) is 42.5 Å². The van der Waals surface area contributed by atoms with Crippen molar-refractivity contribution in [2.24, 2.45) is 0 Å². The standard InChI is InChI=1S/C16H18ClNO/c1-2-3-12-4-7-14(8-5-12)19-11-13-6-9-15(17)16(18)10-13/h4-10H,2-3,11,18H2,1H3. The largest absolute Gasteiger partial charge is 0.489 e. The van der Waals surface area contributed by atoms with Gasteiger partial charge in [0, 0.05) is 0 Å². The highest BCUT2D eigenvalue weighted by atomic mass is 35.5. The highest BCUT2D eigenvalue weighted by molar-refractivity contribution is 6.33. The Morgan fingerprint density at radius 3 is 2.37 bits per heavy atom. The van der Waals surface area contributed by atoms with Gasteiger partial charge in [0.05, 0.1) is 10.7 Å². The SMILES string of the molecule is CCCc1ccc(OCc2ccc(Cl)c(N)c2)cc1. The molecule has 0 atom stereocenters. The van der Waals surface area contributed by atoms with Gasteiger partial charge >= 0.3 is 0 Å². The molecule has 2 nitrogen and oxygen atoms in total. The summed E-state index contributed by atoms with van der Waals surface area (Å²) in [6.07, 6.45) is 2.26. The average molecular weight is 276 g/mol. The lowest BCUT2D eigenvalue weighted by atomic mass is 10.1. The summed E-state index contributed by atoms with van der Waals surface area (Å²) in [5, 5.41) is 0.577. The molecule has 0 saturated heterocycles. The molecule has 2 rings (SSSR count). The maximum absolute atomic E-state index is 5.88. The molecule has 2 aromatic carbocycles. The summed E-state index contributed by atoms with van der Waals surface area (Å²) in [4.78, 5) is 0. The van der Waals surface area contributed by atoms with Gasteiger partial charge in [0.2, 0.25) is 0 Å². The van der Waals surface area contributed by atoms with Crippen LogP contribution in [0.4, 0.5) is 5.69 Å². The molecule has 0 fully saturated rings. The molecule has 0 unspecified atom stereocenters. The molecule has 2 N–H and O–H groups in total. The van der Waals surface area contributed by atoms with Gasteiger partial charge in [0.15, 0.2) is 0 Å². The van der Waals surface area contributed by atoms with Crippen LogP contribution in [0.3, 0.4) is 0 Å². The smallest absolute Gasteiger partial charge is 0.119 e. The van der Waals surface area contributed by atoms with Crippen molar-refractivity contribution in [3.8, 4) is 5.75 Å². The topological polar surface area (TPSA) is 35.2 Å². The fraction of sp³-hybridized carbons (Fsp3) is 0.250. The van der Waals surface area contributed by atoms with Crippen LogP contribution in [0.25, 0.3) is 0 Å². The fourth-order valence-corrected chi connectivity index (χ4v) is 2.01. The van der Waals surface area contributed by atoms with Gasteiger partial charge in [0.1, 0.15) is 12.4 Å². The first kappa shape index (κ1) is 13.8. The monoisotopic (exact) mass is 275 g/mol. The van der Waals surface area contributed by atoms with E-state index in [0.29, 0.717) is 17.3 Å². The van der Waals surface area contributed by atoms with Crippen LogP contribution in [0.1, 0.15) is 24.5 Å². The molecule has 0 spiro atoms. The molecular formula is C16H18ClNO. The maximum atomic E-state index is 5.88. The Bertz CT molecular complexity index is 537. The van der Waals surface area contributed by atoms with E-state index in [0.717, 1.165) is 24.2 Å². The number of rotatable bonds is 5. The van der Waals surface area contributed by atoms with Crippen LogP contribution in [-0.2, 0) is 13.0 Å². The van der Waals surface area contributed by atoms with Crippen LogP contribution in [-0.4, -0.2) is 0 Å². The highest BCUT2D eigenvalue weighted by Gasteiger charge is 2.00. The number of anilines is 1. The second-order valence-electron chi connectivity index (χ2n) is 4.54. The van der Waals surface area contributed by atoms with E-state index in [1.54, 1.807) is 6.07 Å². The number of nitrogens with two attached hydrogens (primary N) is 1. The van der Waals surface area contributed by atoms with Gasteiger partial charge in [-0.15, -0.1) is 0 Å². The molecule has 0 heterocycles. The third-order valence-corrected chi connectivity index (χ3v) is 3.27. The first-order chi connectivity index (χ1) is 9.19. The molecule has 19 heavy (non-hydrogen) atoms. The normalized spacial score (nSPS) is 10.4. The number of hydrogen-bond acceptors (Lipinski definition) is 2. The van der Waals surface area contributed by atoms with Crippen molar-refractivity contribution in [2.75, 3.05) is 5.73 Å². The quantitative estimate of drug-likeness (QED) is 0.818. The number of benzene rings is 2. The van der Waals surface area contributed by atoms with E-state index < -0.39 is 0 Å². The van der Waals surface area contributed by atoms with Crippen molar-refractivity contribution >= 4 is 17.3 Å². The minimum atomic E-state index is 0.495. The lowest BCUT2D eigenvalue weighted by Crippen LogP contribution is -1.97. The van der Waals surface area contributed by atoms with Crippen molar-refractivity contribution < 1.29 is 4.74 Å². The minimum absolute atomic E-state index is 0.495. The number of halogens is 1. The molecule has 3 heteroatoms. The van der Waals surface area contributed by atoms with Crippen molar-refractivity contribution in [2.45, 2.75) is 26.4 Å². The summed E-state index contributed by atoms with van der Waals surface area (Å²) in [6.45, 7) is 2.67. The fourth-order valence-electron chi connectivity index (χ4n) is 1.89. The van der Waals surface area contributed by atoms with Crippen LogP contribution < -0.4 is 10.5 Å². The molecular weight excluding hydrogens is 258 g/mol. The highest BCUT2D eigenvalue weighted by Crippen LogP contribution is 2.21. The predicted octanol–water partition coefficient (Wildman–Crippen LogP) is 4.45. The van der Waals surface area contributed by atoms with Crippen molar-refractivity contribution in [3.63, 3.8) is 0 Å². The van der Waals surface area contributed by atoms with Crippen LogP contribution >= 0.6 is 11.6 Å². The van der Waals surface area contributed by atoms with Gasteiger partial charge in [-0.3, -0.25) is 0 Å². The molecule has 0 aliphatic carbocycles. The lowest BCUT2D eigenvalue weighted by molar-refractivity contribution is 0.306. The van der Waals surface area contributed by atoms with Crippen molar-refractivity contribution in [1.82, 2.24) is 0 Å². The third kappa shape index (κ3) is 3.90. The third-order valence-electron chi connectivity index (χ3n) is 2.93. The molecule has 0 amide bonds. The molecule has 0 aliphatic rings. The Morgan fingerprint density at radius 1 is 1.05 bits per heavy atom. The van der Waals surface area contributed by atoms with E-state index in [4.69, 9.17) is 22.1 Å². The molecule has 0 aliphatic heterocycles. The zero-order chi connectivity index (χ0) is 13.7. The second-order valence-corrected chi connectivity index (χ2v) is 4.95. The molecule has 100 valence electrons. The van der Waals surface area contributed by atoms with Gasteiger partial charge in [-0.25, -0.2) is 0 Å². The van der Waals surface area contributed by atoms with Crippen LogP contribution in [0.2, 0.25) is 5.02 Å². The first-order valence-electron chi connectivity index (χ1n) is 6.44. The molecule has 2 aromatic rings. The Morgan fingerprint density at radius 2 is 1.74 bits per heavy atom. The number of nitrogen functional groups attached to an aromatic ring is 1. The summed E-state index contributed by atoms with van der Waals surface area (Å²) in [7, 11) is 0. The number of aryl methyl sites for hydroxylation is 1. The zero-order valence-corrected chi connectivity index (χ0v) is 11.8. The lowest BCUT2D eigenvalue weighted by Gasteiger charge is -2.08. The maximum Gasteiger partial charge on any atom is 0.119 e. The summed E-state index contributed by atoms with van der Waals surface area (Å²) >= 11 is 5.88.